The highest BCUT2D eigenvalue weighted by Gasteiger charge is 2.26. The summed E-state index contributed by atoms with van der Waals surface area (Å²) < 4.78 is 5.51. The first kappa shape index (κ1) is 25.9. The average molecular weight is 399 g/mol. The molecular formula is C20H38N4O4. The van der Waals surface area contributed by atoms with E-state index in [1.807, 2.05) is 20.8 Å². The van der Waals surface area contributed by atoms with Crippen LogP contribution in [0.2, 0.25) is 0 Å². The third-order valence-electron chi connectivity index (χ3n) is 3.96. The van der Waals surface area contributed by atoms with Crippen LogP contribution in [0.5, 0.6) is 0 Å². The zero-order chi connectivity index (χ0) is 21.6. The van der Waals surface area contributed by atoms with Gasteiger partial charge >= 0.3 is 5.97 Å². The van der Waals surface area contributed by atoms with Crippen molar-refractivity contribution in [3.8, 4) is 0 Å². The molecule has 0 aromatic carbocycles. The van der Waals surface area contributed by atoms with E-state index in [1.165, 1.54) is 6.92 Å². The number of esters is 1. The normalized spacial score (nSPS) is 13.2. The third kappa shape index (κ3) is 14.0. The summed E-state index contributed by atoms with van der Waals surface area (Å²) in [6, 6.07) is -0.826. The second-order valence-electron chi connectivity index (χ2n) is 7.91. The zero-order valence-electron chi connectivity index (χ0n) is 17.8. The maximum atomic E-state index is 12.5. The summed E-state index contributed by atoms with van der Waals surface area (Å²) in [5, 5.41) is 8.49. The summed E-state index contributed by atoms with van der Waals surface area (Å²) in [4.78, 5) is 33.7. The summed E-state index contributed by atoms with van der Waals surface area (Å²) in [7, 11) is 0. The van der Waals surface area contributed by atoms with Crippen LogP contribution in [-0.4, -0.2) is 49.1 Å². The fraction of sp³-hybridized carbons (Fsp3) is 0.750. The fourth-order valence-electron chi connectivity index (χ4n) is 2.52. The van der Waals surface area contributed by atoms with Gasteiger partial charge in [0.05, 0.1) is 0 Å². The number of carbonyl (C=O) groups excluding carboxylic acids is 3. The number of ether oxygens (including phenoxy) is 1. The Labute approximate surface area is 169 Å². The number of hydrogen-bond acceptors (Lipinski definition) is 6. The summed E-state index contributed by atoms with van der Waals surface area (Å²) in [5.41, 5.74) is 6.18. The van der Waals surface area contributed by atoms with E-state index in [-0.39, 0.29) is 17.9 Å². The monoisotopic (exact) mass is 398 g/mol. The van der Waals surface area contributed by atoms with Gasteiger partial charge < -0.3 is 26.4 Å². The van der Waals surface area contributed by atoms with Crippen LogP contribution in [0.4, 0.5) is 0 Å². The molecular weight excluding hydrogens is 360 g/mol. The molecule has 0 heterocycles. The molecule has 162 valence electrons. The minimum Gasteiger partial charge on any atom is -0.458 e. The van der Waals surface area contributed by atoms with Gasteiger partial charge in [-0.05, 0) is 59.3 Å². The Hall–Kier alpha value is -2.09. The Kier molecular flexibility index (Phi) is 12.9. The Morgan fingerprint density at radius 1 is 1.11 bits per heavy atom. The van der Waals surface area contributed by atoms with Crippen molar-refractivity contribution in [2.45, 2.75) is 83.9 Å². The zero-order valence-corrected chi connectivity index (χ0v) is 17.8. The molecule has 0 spiro atoms. The predicted octanol–water partition coefficient (Wildman–Crippen LogP) is 1.35. The minimum absolute atomic E-state index is 0.0653. The lowest BCUT2D eigenvalue weighted by atomic mass is 10.0. The first-order chi connectivity index (χ1) is 13.1. The van der Waals surface area contributed by atoms with Crippen LogP contribution in [0.1, 0.15) is 66.2 Å². The number of hydrogen-bond donors (Lipinski definition) is 4. The van der Waals surface area contributed by atoms with Crippen molar-refractivity contribution >= 4 is 18.3 Å². The van der Waals surface area contributed by atoms with Crippen molar-refractivity contribution < 1.29 is 19.1 Å². The summed E-state index contributed by atoms with van der Waals surface area (Å²) in [6.07, 6.45) is 5.13. The van der Waals surface area contributed by atoms with Crippen LogP contribution in [0.25, 0.3) is 0 Å². The van der Waals surface area contributed by atoms with E-state index in [2.05, 4.69) is 22.5 Å². The second-order valence-corrected chi connectivity index (χ2v) is 7.91. The van der Waals surface area contributed by atoms with Gasteiger partial charge in [0.25, 0.3) is 0 Å². The molecule has 0 saturated carbocycles. The summed E-state index contributed by atoms with van der Waals surface area (Å²) in [5.74, 6) is -0.403. The van der Waals surface area contributed by atoms with E-state index in [9.17, 15) is 14.4 Å². The van der Waals surface area contributed by atoms with Crippen molar-refractivity contribution in [2.24, 2.45) is 5.73 Å². The molecule has 0 aliphatic carbocycles. The lowest BCUT2D eigenvalue weighted by molar-refractivity contribution is -0.157. The molecule has 0 fully saturated rings. The number of unbranched alkanes of at least 4 members (excludes halogenated alkanes) is 2. The minimum atomic E-state index is -0.581. The maximum Gasteiger partial charge on any atom is 0.329 e. The van der Waals surface area contributed by atoms with Crippen molar-refractivity contribution in [3.05, 3.63) is 12.3 Å². The Bertz CT molecular complexity index is 503. The first-order valence-electron chi connectivity index (χ1n) is 9.92. The van der Waals surface area contributed by atoms with Crippen LogP contribution >= 0.6 is 0 Å². The SMILES string of the molecule is C=C(NC(CCCCNC(C)=O)C(=O)OC(C)(C)C)C(N)CCCCNC=O. The highest BCUT2D eigenvalue weighted by Crippen LogP contribution is 2.14. The van der Waals surface area contributed by atoms with Crippen LogP contribution < -0.4 is 21.7 Å². The summed E-state index contributed by atoms with van der Waals surface area (Å²) >= 11 is 0. The molecule has 2 atom stereocenters. The van der Waals surface area contributed by atoms with Gasteiger partial charge in [-0.15, -0.1) is 0 Å². The van der Waals surface area contributed by atoms with Crippen LogP contribution in [0, 0.1) is 0 Å². The maximum absolute atomic E-state index is 12.5. The van der Waals surface area contributed by atoms with Gasteiger partial charge in [-0.2, -0.15) is 0 Å². The molecule has 0 saturated heterocycles. The number of nitrogens with two attached hydrogens (primary N) is 1. The van der Waals surface area contributed by atoms with Gasteiger partial charge in [0.2, 0.25) is 12.3 Å². The molecule has 8 heteroatoms. The molecule has 0 bridgehead atoms. The standard InChI is InChI=1S/C20H38N4O4/c1-15(17(21)10-6-8-12-22-14-25)24-18(19(27)28-20(3,4)5)11-7-9-13-23-16(2)26/h14,17-18,24H,1,6-13,21H2,2-5H3,(H,22,25)(H,23,26). The van der Waals surface area contributed by atoms with E-state index in [0.29, 0.717) is 38.0 Å². The molecule has 2 unspecified atom stereocenters. The average Bonchev–Trinajstić information content (AvgIpc) is 2.58. The van der Waals surface area contributed by atoms with Gasteiger partial charge in [-0.3, -0.25) is 9.59 Å². The number of rotatable bonds is 15. The van der Waals surface area contributed by atoms with Gasteiger partial charge in [-0.25, -0.2) is 4.79 Å². The van der Waals surface area contributed by atoms with Gasteiger partial charge in [-0.1, -0.05) is 6.58 Å². The fourth-order valence-corrected chi connectivity index (χ4v) is 2.52. The quantitative estimate of drug-likeness (QED) is 0.188. The molecule has 0 aliphatic heterocycles. The largest absolute Gasteiger partial charge is 0.458 e. The Morgan fingerprint density at radius 2 is 1.71 bits per heavy atom. The van der Waals surface area contributed by atoms with Crippen molar-refractivity contribution in [3.63, 3.8) is 0 Å². The Morgan fingerprint density at radius 3 is 2.29 bits per heavy atom. The van der Waals surface area contributed by atoms with Crippen molar-refractivity contribution in [1.82, 2.24) is 16.0 Å². The first-order valence-corrected chi connectivity index (χ1v) is 9.92. The van der Waals surface area contributed by atoms with Crippen LogP contribution in [0.15, 0.2) is 12.3 Å². The van der Waals surface area contributed by atoms with Gasteiger partial charge in [0.1, 0.15) is 11.6 Å². The smallest absolute Gasteiger partial charge is 0.329 e. The molecule has 8 nitrogen and oxygen atoms in total. The molecule has 0 aliphatic rings. The van der Waals surface area contributed by atoms with Crippen LogP contribution in [0.3, 0.4) is 0 Å². The number of amides is 2. The number of nitrogens with one attached hydrogen (secondary N) is 3. The summed E-state index contributed by atoms with van der Waals surface area (Å²) in [6.45, 7) is 12.1. The topological polar surface area (TPSA) is 123 Å². The molecule has 5 N–H and O–H groups in total. The molecule has 0 rings (SSSR count). The predicted molar refractivity (Wildman–Crippen MR) is 110 cm³/mol. The Balaban J connectivity index is 4.58. The van der Waals surface area contributed by atoms with E-state index >= 15 is 0 Å². The molecule has 0 aromatic rings. The highest BCUT2D eigenvalue weighted by molar-refractivity contribution is 5.76. The van der Waals surface area contributed by atoms with Gasteiger partial charge in [0, 0.05) is 31.8 Å². The second kappa shape index (κ2) is 14.0. The lowest BCUT2D eigenvalue weighted by Crippen LogP contribution is -2.44. The molecule has 0 aromatic heterocycles. The third-order valence-corrected chi connectivity index (χ3v) is 3.96. The van der Waals surface area contributed by atoms with Crippen molar-refractivity contribution in [2.75, 3.05) is 13.1 Å². The van der Waals surface area contributed by atoms with Gasteiger partial charge in [0.15, 0.2) is 0 Å². The lowest BCUT2D eigenvalue weighted by Gasteiger charge is -2.27. The van der Waals surface area contributed by atoms with E-state index in [4.69, 9.17) is 10.5 Å². The number of carbonyl (C=O) groups is 3. The molecule has 0 radical (unpaired) electrons. The van der Waals surface area contributed by atoms with E-state index in [0.717, 1.165) is 25.7 Å². The highest BCUT2D eigenvalue weighted by atomic mass is 16.6. The molecule has 28 heavy (non-hydrogen) atoms. The van der Waals surface area contributed by atoms with Crippen LogP contribution in [-0.2, 0) is 19.1 Å². The molecule has 2 amide bonds. The van der Waals surface area contributed by atoms with Crippen molar-refractivity contribution in [1.29, 1.82) is 0 Å². The van der Waals surface area contributed by atoms with E-state index < -0.39 is 11.6 Å². The van der Waals surface area contributed by atoms with E-state index in [1.54, 1.807) is 0 Å².